The number of benzene rings is 1. The van der Waals surface area contributed by atoms with E-state index in [0.29, 0.717) is 0 Å². The molecule has 1 aromatic carbocycles. The minimum atomic E-state index is -1.16. The van der Waals surface area contributed by atoms with E-state index in [9.17, 15) is 5.11 Å². The Kier molecular flexibility index (Phi) is 3.85. The second kappa shape index (κ2) is 6.17. The van der Waals surface area contributed by atoms with Gasteiger partial charge in [0.25, 0.3) is 0 Å². The van der Waals surface area contributed by atoms with Crippen molar-refractivity contribution < 1.29 is 5.11 Å². The van der Waals surface area contributed by atoms with Crippen molar-refractivity contribution in [3.05, 3.63) is 70.8 Å². The van der Waals surface area contributed by atoms with Gasteiger partial charge in [-0.05, 0) is 48.2 Å². The molecule has 0 radical (unpaired) electrons. The van der Waals surface area contributed by atoms with Gasteiger partial charge in [-0.15, -0.1) is 11.3 Å². The number of aliphatic hydroxyl groups is 1. The highest BCUT2D eigenvalue weighted by atomic mass is 32.1. The lowest BCUT2D eigenvalue weighted by atomic mass is 10.0. The van der Waals surface area contributed by atoms with E-state index in [0.717, 1.165) is 32.5 Å². The molecule has 3 heterocycles. The molecule has 4 aromatic rings. The van der Waals surface area contributed by atoms with Crippen LogP contribution in [0.4, 0.5) is 0 Å². The molecule has 0 spiro atoms. The average molecular weight is 345 g/mol. The number of pyridine rings is 1. The normalized spacial score (nSPS) is 13.2. The molecule has 122 valence electrons. The summed E-state index contributed by atoms with van der Waals surface area (Å²) in [6.07, 6.45) is 5.43. The van der Waals surface area contributed by atoms with Crippen molar-refractivity contribution >= 4 is 22.2 Å². The monoisotopic (exact) mass is 345 g/mol. The van der Waals surface area contributed by atoms with Gasteiger partial charge >= 0.3 is 0 Å². The maximum absolute atomic E-state index is 10.6. The topological polar surface area (TPSA) is 61.8 Å². The van der Waals surface area contributed by atoms with Gasteiger partial charge < -0.3 is 5.11 Å². The summed E-state index contributed by atoms with van der Waals surface area (Å²) in [4.78, 5) is 5.25. The lowest BCUT2D eigenvalue weighted by molar-refractivity contribution is 0.126. The summed E-state index contributed by atoms with van der Waals surface area (Å²) in [5, 5.41) is 20.4. The minimum Gasteiger partial charge on any atom is -0.373 e. The zero-order valence-electron chi connectivity index (χ0n) is 13.5. The lowest BCUT2D eigenvalue weighted by Gasteiger charge is -2.13. The molecule has 2 N–H and O–H groups in total. The summed E-state index contributed by atoms with van der Waals surface area (Å²) in [5.74, 6) is 6.07. The fourth-order valence-electron chi connectivity index (χ4n) is 2.68. The van der Waals surface area contributed by atoms with E-state index in [1.54, 1.807) is 19.3 Å². The summed E-state index contributed by atoms with van der Waals surface area (Å²) in [7, 11) is 0. The molecule has 0 aliphatic carbocycles. The van der Waals surface area contributed by atoms with Gasteiger partial charge in [-0.3, -0.25) is 10.1 Å². The molecule has 25 heavy (non-hydrogen) atoms. The van der Waals surface area contributed by atoms with E-state index in [-0.39, 0.29) is 0 Å². The molecule has 1 atom stereocenters. The van der Waals surface area contributed by atoms with Gasteiger partial charge in [0.05, 0.1) is 11.7 Å². The summed E-state index contributed by atoms with van der Waals surface area (Å²) in [5.41, 5.74) is 2.62. The van der Waals surface area contributed by atoms with Crippen molar-refractivity contribution in [1.29, 1.82) is 0 Å². The second-order valence-corrected chi connectivity index (χ2v) is 6.82. The molecule has 0 bridgehead atoms. The van der Waals surface area contributed by atoms with Gasteiger partial charge in [0.15, 0.2) is 5.60 Å². The van der Waals surface area contributed by atoms with Crippen molar-refractivity contribution in [3.63, 3.8) is 0 Å². The Balaban J connectivity index is 1.78. The number of aromatic nitrogens is 3. The summed E-state index contributed by atoms with van der Waals surface area (Å²) < 4.78 is 0. The van der Waals surface area contributed by atoms with Gasteiger partial charge in [-0.1, -0.05) is 17.9 Å². The Bertz CT molecular complexity index is 1070. The van der Waals surface area contributed by atoms with Crippen molar-refractivity contribution in [3.8, 4) is 23.0 Å². The van der Waals surface area contributed by atoms with Gasteiger partial charge in [0.1, 0.15) is 0 Å². The number of H-pyrrole nitrogens is 1. The standard InChI is InChI=1S/C20H15N3OS/c1-20(24,19-3-2-10-25-19)8-6-14-4-5-18-17(11-14)16(7-9-21-18)15-12-22-23-13-15/h2-5,7,9-13,24H,1H3,(H,22,23). The molecular weight excluding hydrogens is 330 g/mol. The third-order valence-electron chi connectivity index (χ3n) is 4.00. The Hall–Kier alpha value is -2.94. The molecule has 0 aliphatic heterocycles. The number of hydrogen-bond donors (Lipinski definition) is 2. The Labute approximate surface area is 149 Å². The first-order valence-electron chi connectivity index (χ1n) is 7.81. The molecular formula is C20H15N3OS. The number of nitrogens with one attached hydrogen (secondary N) is 1. The third-order valence-corrected chi connectivity index (χ3v) is 5.08. The number of hydrogen-bond acceptors (Lipinski definition) is 4. The SMILES string of the molecule is CC(O)(C#Cc1ccc2nccc(-c3cn[nH]c3)c2c1)c1cccs1. The summed E-state index contributed by atoms with van der Waals surface area (Å²) in [6.45, 7) is 1.71. The average Bonchev–Trinajstić information content (AvgIpc) is 3.33. The quantitative estimate of drug-likeness (QED) is 0.541. The summed E-state index contributed by atoms with van der Waals surface area (Å²) in [6, 6.07) is 11.6. The van der Waals surface area contributed by atoms with Crippen LogP contribution >= 0.6 is 11.3 Å². The van der Waals surface area contributed by atoms with Crippen molar-refractivity contribution in [2.75, 3.05) is 0 Å². The van der Waals surface area contributed by atoms with Gasteiger partial charge in [0.2, 0.25) is 0 Å². The lowest BCUT2D eigenvalue weighted by Crippen LogP contribution is -2.16. The molecule has 0 saturated heterocycles. The second-order valence-electron chi connectivity index (χ2n) is 5.88. The Morgan fingerprint density at radius 1 is 1.24 bits per heavy atom. The fraction of sp³-hybridized carbons (Fsp3) is 0.100. The fourth-order valence-corrected chi connectivity index (χ4v) is 3.43. The van der Waals surface area contributed by atoms with E-state index in [4.69, 9.17) is 0 Å². The highest BCUT2D eigenvalue weighted by Gasteiger charge is 2.20. The molecule has 1 unspecified atom stereocenters. The number of rotatable bonds is 2. The van der Waals surface area contributed by atoms with Gasteiger partial charge in [0, 0.05) is 33.8 Å². The maximum atomic E-state index is 10.6. The molecule has 0 amide bonds. The van der Waals surface area contributed by atoms with Crippen LogP contribution in [0.5, 0.6) is 0 Å². The van der Waals surface area contributed by atoms with Crippen LogP contribution in [0.3, 0.4) is 0 Å². The van der Waals surface area contributed by atoms with Gasteiger partial charge in [-0.25, -0.2) is 0 Å². The maximum Gasteiger partial charge on any atom is 0.157 e. The van der Waals surface area contributed by atoms with Crippen LogP contribution in [0.1, 0.15) is 17.4 Å². The first-order valence-corrected chi connectivity index (χ1v) is 8.69. The van der Waals surface area contributed by atoms with E-state index in [1.165, 1.54) is 11.3 Å². The zero-order valence-corrected chi connectivity index (χ0v) is 14.3. The van der Waals surface area contributed by atoms with Crippen LogP contribution in [-0.2, 0) is 5.60 Å². The van der Waals surface area contributed by atoms with Crippen molar-refractivity contribution in [2.45, 2.75) is 12.5 Å². The predicted octanol–water partition coefficient (Wildman–Crippen LogP) is 3.95. The predicted molar refractivity (Wildman–Crippen MR) is 100 cm³/mol. The number of thiophene rings is 1. The Morgan fingerprint density at radius 2 is 2.16 bits per heavy atom. The van der Waals surface area contributed by atoms with Crippen LogP contribution in [0.25, 0.3) is 22.0 Å². The smallest absolute Gasteiger partial charge is 0.157 e. The zero-order chi connectivity index (χ0) is 17.3. The Morgan fingerprint density at radius 3 is 2.92 bits per heavy atom. The molecule has 0 fully saturated rings. The highest BCUT2D eigenvalue weighted by molar-refractivity contribution is 7.10. The minimum absolute atomic E-state index is 0.835. The third kappa shape index (κ3) is 3.05. The molecule has 3 aromatic heterocycles. The van der Waals surface area contributed by atoms with Crippen molar-refractivity contribution in [2.24, 2.45) is 0 Å². The van der Waals surface area contributed by atoms with E-state index in [2.05, 4.69) is 27.0 Å². The van der Waals surface area contributed by atoms with E-state index >= 15 is 0 Å². The van der Waals surface area contributed by atoms with Crippen LogP contribution < -0.4 is 0 Å². The summed E-state index contributed by atoms with van der Waals surface area (Å²) >= 11 is 1.50. The molecule has 4 nitrogen and oxygen atoms in total. The number of nitrogens with zero attached hydrogens (tertiary/aromatic N) is 2. The van der Waals surface area contributed by atoms with Crippen LogP contribution in [0.15, 0.2) is 60.4 Å². The largest absolute Gasteiger partial charge is 0.373 e. The molecule has 4 rings (SSSR count). The van der Waals surface area contributed by atoms with E-state index in [1.807, 2.05) is 48.0 Å². The first kappa shape index (κ1) is 15.6. The van der Waals surface area contributed by atoms with Crippen LogP contribution in [0.2, 0.25) is 0 Å². The molecule has 5 heteroatoms. The van der Waals surface area contributed by atoms with Crippen LogP contribution in [0, 0.1) is 11.8 Å². The first-order chi connectivity index (χ1) is 12.1. The molecule has 0 aliphatic rings. The van der Waals surface area contributed by atoms with Gasteiger partial charge in [-0.2, -0.15) is 5.10 Å². The molecule has 0 saturated carbocycles. The van der Waals surface area contributed by atoms with Crippen LogP contribution in [-0.4, -0.2) is 20.3 Å². The number of fused-ring (bicyclic) bond motifs is 1. The highest BCUT2D eigenvalue weighted by Crippen LogP contribution is 2.28. The van der Waals surface area contributed by atoms with E-state index < -0.39 is 5.60 Å². The number of aromatic amines is 1. The van der Waals surface area contributed by atoms with Crippen molar-refractivity contribution in [1.82, 2.24) is 15.2 Å².